The summed E-state index contributed by atoms with van der Waals surface area (Å²) in [6.45, 7) is 0. The molecule has 0 spiro atoms. The Balaban J connectivity index is 1.14. The minimum Gasteiger partial charge on any atom is -0.309 e. The molecule has 0 bridgehead atoms. The van der Waals surface area contributed by atoms with Crippen molar-refractivity contribution >= 4 is 43.6 Å². The van der Waals surface area contributed by atoms with Crippen molar-refractivity contribution in [2.45, 2.75) is 0 Å². The zero-order valence-corrected chi connectivity index (χ0v) is 25.8. The maximum absolute atomic E-state index is 10.4. The zero-order valence-electron chi connectivity index (χ0n) is 25.8. The number of hydrogen-bond donors (Lipinski definition) is 0. The van der Waals surface area contributed by atoms with Crippen molar-refractivity contribution in [1.82, 2.24) is 9.13 Å². The van der Waals surface area contributed by atoms with Gasteiger partial charge in [-0.3, -0.25) is 0 Å². The third-order valence-electron chi connectivity index (χ3n) is 9.42. The van der Waals surface area contributed by atoms with Crippen molar-refractivity contribution in [1.29, 1.82) is 10.5 Å². The van der Waals surface area contributed by atoms with Crippen molar-refractivity contribution in [2.75, 3.05) is 0 Å². The van der Waals surface area contributed by atoms with E-state index in [-0.39, 0.29) is 0 Å². The number of nitriles is 2. The number of hydrogen-bond acceptors (Lipinski definition) is 2. The summed E-state index contributed by atoms with van der Waals surface area (Å²) < 4.78 is 4.46. The Bertz CT molecular complexity index is 2750. The highest BCUT2D eigenvalue weighted by Crippen LogP contribution is 2.38. The topological polar surface area (TPSA) is 57.4 Å². The van der Waals surface area contributed by atoms with Gasteiger partial charge < -0.3 is 9.13 Å². The summed E-state index contributed by atoms with van der Waals surface area (Å²) in [7, 11) is 0. The SMILES string of the molecule is N#Cc1ccc2c3ccccc3n(-c3ccc(-c4ccc(-c5ccccc5-n5c6ccccc6c6ccccc65)cc4)cc3C#N)c2c1. The van der Waals surface area contributed by atoms with Gasteiger partial charge in [0.05, 0.1) is 50.6 Å². The van der Waals surface area contributed by atoms with E-state index >= 15 is 0 Å². The van der Waals surface area contributed by atoms with Crippen LogP contribution in [0.15, 0.2) is 158 Å². The molecule has 9 aromatic rings. The summed E-state index contributed by atoms with van der Waals surface area (Å²) in [5, 5.41) is 24.6. The summed E-state index contributed by atoms with van der Waals surface area (Å²) in [4.78, 5) is 0. The summed E-state index contributed by atoms with van der Waals surface area (Å²) in [6.07, 6.45) is 0. The second-order valence-electron chi connectivity index (χ2n) is 12.0. The normalized spacial score (nSPS) is 11.3. The number of para-hydroxylation sites is 4. The van der Waals surface area contributed by atoms with Crippen LogP contribution >= 0.6 is 0 Å². The first-order valence-corrected chi connectivity index (χ1v) is 15.9. The summed E-state index contributed by atoms with van der Waals surface area (Å²) in [6, 6.07) is 59.0. The smallest absolute Gasteiger partial charge is 0.101 e. The highest BCUT2D eigenvalue weighted by atomic mass is 15.0. The molecule has 0 aliphatic rings. The molecule has 0 saturated carbocycles. The predicted molar refractivity (Wildman–Crippen MR) is 195 cm³/mol. The van der Waals surface area contributed by atoms with Crippen LogP contribution in [0.3, 0.4) is 0 Å². The van der Waals surface area contributed by atoms with Crippen LogP contribution in [0.2, 0.25) is 0 Å². The van der Waals surface area contributed by atoms with Gasteiger partial charge in [-0.15, -0.1) is 0 Å². The predicted octanol–water partition coefficient (Wildman–Crippen LogP) is 11.0. The van der Waals surface area contributed by atoms with E-state index in [9.17, 15) is 10.5 Å². The van der Waals surface area contributed by atoms with E-state index in [1.54, 1.807) is 0 Å². The number of nitrogens with zero attached hydrogens (tertiary/aromatic N) is 4. The van der Waals surface area contributed by atoms with Crippen molar-refractivity contribution < 1.29 is 0 Å². The van der Waals surface area contributed by atoms with E-state index in [0.717, 1.165) is 55.4 Å². The molecule has 0 fully saturated rings. The van der Waals surface area contributed by atoms with Crippen LogP contribution in [0.5, 0.6) is 0 Å². The fraction of sp³-hybridized carbons (Fsp3) is 0. The molecule has 0 aliphatic heterocycles. The quantitative estimate of drug-likeness (QED) is 0.199. The van der Waals surface area contributed by atoms with Gasteiger partial charge in [-0.25, -0.2) is 0 Å². The number of benzene rings is 7. The van der Waals surface area contributed by atoms with Crippen LogP contribution < -0.4 is 0 Å². The van der Waals surface area contributed by atoms with Crippen LogP contribution in [0.1, 0.15) is 11.1 Å². The van der Waals surface area contributed by atoms with Crippen LogP contribution in [-0.2, 0) is 0 Å². The lowest BCUT2D eigenvalue weighted by atomic mass is 9.97. The van der Waals surface area contributed by atoms with Gasteiger partial charge in [0.2, 0.25) is 0 Å². The minimum atomic E-state index is 0.568. The first kappa shape index (κ1) is 27.4. The lowest BCUT2D eigenvalue weighted by Gasteiger charge is -2.15. The van der Waals surface area contributed by atoms with E-state index < -0.39 is 0 Å². The maximum Gasteiger partial charge on any atom is 0.101 e. The molecule has 2 heterocycles. The van der Waals surface area contributed by atoms with E-state index in [4.69, 9.17) is 0 Å². The highest BCUT2D eigenvalue weighted by Gasteiger charge is 2.17. The molecule has 0 unspecified atom stereocenters. The third-order valence-corrected chi connectivity index (χ3v) is 9.42. The molecular weight excluding hydrogens is 585 g/mol. The molecule has 0 amide bonds. The van der Waals surface area contributed by atoms with E-state index in [2.05, 4.69) is 137 Å². The van der Waals surface area contributed by atoms with Crippen molar-refractivity contribution in [3.63, 3.8) is 0 Å². The van der Waals surface area contributed by atoms with Gasteiger partial charge in [0.15, 0.2) is 0 Å². The Morgan fingerprint density at radius 1 is 0.375 bits per heavy atom. The largest absolute Gasteiger partial charge is 0.309 e. The monoisotopic (exact) mass is 610 g/mol. The molecule has 0 saturated heterocycles. The summed E-state index contributed by atoms with van der Waals surface area (Å²) in [5.74, 6) is 0. The standard InChI is InChI=1S/C44H26N4/c45-27-29-17-23-38-37-12-4-6-14-41(37)47(44(38)25-29)39-24-22-32(26-33(39)28-46)30-18-20-31(21-19-30)34-9-1-5-13-40(34)48-42-15-7-2-10-35(42)36-11-3-8-16-43(36)48/h1-26H. The molecule has 4 nitrogen and oxygen atoms in total. The number of aromatic nitrogens is 2. The van der Waals surface area contributed by atoms with Gasteiger partial charge in [-0.1, -0.05) is 109 Å². The van der Waals surface area contributed by atoms with Crippen molar-refractivity contribution in [3.05, 3.63) is 169 Å². The van der Waals surface area contributed by atoms with E-state index in [0.29, 0.717) is 11.1 Å². The van der Waals surface area contributed by atoms with Gasteiger partial charge in [0, 0.05) is 27.1 Å². The lowest BCUT2D eigenvalue weighted by molar-refractivity contribution is 1.17. The molecule has 0 radical (unpaired) electrons. The van der Waals surface area contributed by atoms with Gasteiger partial charge >= 0.3 is 0 Å². The van der Waals surface area contributed by atoms with Gasteiger partial charge in [-0.05, 0) is 65.2 Å². The molecule has 2 aromatic heterocycles. The lowest BCUT2D eigenvalue weighted by Crippen LogP contribution is -1.98. The summed E-state index contributed by atoms with van der Waals surface area (Å²) >= 11 is 0. The Labute approximate surface area is 277 Å². The maximum atomic E-state index is 10.4. The van der Waals surface area contributed by atoms with Crippen molar-refractivity contribution in [2.24, 2.45) is 0 Å². The second-order valence-corrected chi connectivity index (χ2v) is 12.0. The first-order chi connectivity index (χ1) is 23.7. The Morgan fingerprint density at radius 3 is 1.52 bits per heavy atom. The number of fused-ring (bicyclic) bond motifs is 6. The molecular formula is C44H26N4. The average molecular weight is 611 g/mol. The molecule has 0 N–H and O–H groups in total. The molecule has 0 aliphatic carbocycles. The molecule has 7 aromatic carbocycles. The highest BCUT2D eigenvalue weighted by molar-refractivity contribution is 6.10. The molecule has 4 heteroatoms. The van der Waals surface area contributed by atoms with Crippen LogP contribution in [0.25, 0.3) is 77.2 Å². The van der Waals surface area contributed by atoms with Crippen LogP contribution in [0.4, 0.5) is 0 Å². The van der Waals surface area contributed by atoms with Crippen LogP contribution in [0, 0.1) is 22.7 Å². The molecule has 48 heavy (non-hydrogen) atoms. The molecule has 9 rings (SSSR count). The van der Waals surface area contributed by atoms with Gasteiger partial charge in [0.25, 0.3) is 0 Å². The molecule has 0 atom stereocenters. The van der Waals surface area contributed by atoms with E-state index in [1.165, 1.54) is 21.8 Å². The first-order valence-electron chi connectivity index (χ1n) is 15.9. The Kier molecular flexibility index (Phi) is 6.22. The Hall–Kier alpha value is -6.88. The van der Waals surface area contributed by atoms with E-state index in [1.807, 2.05) is 42.5 Å². The van der Waals surface area contributed by atoms with Gasteiger partial charge in [-0.2, -0.15) is 10.5 Å². The zero-order chi connectivity index (χ0) is 32.2. The fourth-order valence-corrected chi connectivity index (χ4v) is 7.24. The van der Waals surface area contributed by atoms with Gasteiger partial charge in [0.1, 0.15) is 6.07 Å². The Morgan fingerprint density at radius 2 is 0.896 bits per heavy atom. The fourth-order valence-electron chi connectivity index (χ4n) is 7.24. The average Bonchev–Trinajstić information content (AvgIpc) is 3.67. The van der Waals surface area contributed by atoms with Crippen molar-refractivity contribution in [3.8, 4) is 45.8 Å². The minimum absolute atomic E-state index is 0.568. The second kappa shape index (κ2) is 10.9. The van der Waals surface area contributed by atoms with Crippen LogP contribution in [-0.4, -0.2) is 9.13 Å². The number of rotatable bonds is 4. The summed E-state index contributed by atoms with van der Waals surface area (Å²) in [5.41, 5.74) is 11.6. The molecule has 222 valence electrons. The third kappa shape index (κ3) is 4.14.